The van der Waals surface area contributed by atoms with Crippen molar-refractivity contribution < 1.29 is 19.4 Å². The summed E-state index contributed by atoms with van der Waals surface area (Å²) in [5.41, 5.74) is 6.36. The van der Waals surface area contributed by atoms with Crippen LogP contribution in [0.15, 0.2) is 12.1 Å². The molecular formula is C18H25ClN2O4. The average Bonchev–Trinajstić information content (AvgIpc) is 2.63. The minimum absolute atomic E-state index is 0.0882. The molecule has 25 heavy (non-hydrogen) atoms. The third kappa shape index (κ3) is 3.07. The van der Waals surface area contributed by atoms with E-state index in [2.05, 4.69) is 0 Å². The fourth-order valence-electron chi connectivity index (χ4n) is 4.02. The number of ether oxygens (including phenoxy) is 2. The Morgan fingerprint density at radius 3 is 2.68 bits per heavy atom. The van der Waals surface area contributed by atoms with Gasteiger partial charge in [0.25, 0.3) is 5.91 Å². The van der Waals surface area contributed by atoms with Gasteiger partial charge in [-0.15, -0.1) is 0 Å². The maximum atomic E-state index is 12.9. The summed E-state index contributed by atoms with van der Waals surface area (Å²) in [6.45, 7) is 3.76. The molecule has 6 nitrogen and oxygen atoms in total. The molecule has 1 aliphatic heterocycles. The molecule has 1 saturated heterocycles. The Labute approximate surface area is 152 Å². The van der Waals surface area contributed by atoms with Crippen molar-refractivity contribution >= 4 is 23.2 Å². The van der Waals surface area contributed by atoms with Gasteiger partial charge in [-0.25, -0.2) is 0 Å². The Bertz CT molecular complexity index is 657. The van der Waals surface area contributed by atoms with Crippen LogP contribution in [0.3, 0.4) is 0 Å². The number of halogens is 1. The van der Waals surface area contributed by atoms with Crippen molar-refractivity contribution in [3.63, 3.8) is 0 Å². The van der Waals surface area contributed by atoms with E-state index in [0.29, 0.717) is 48.1 Å². The highest BCUT2D eigenvalue weighted by Crippen LogP contribution is 2.51. The molecule has 7 heteroatoms. The van der Waals surface area contributed by atoms with E-state index >= 15 is 0 Å². The standard InChI is InChI=1S/C18H25ClN2O4/c1-3-25-16-10-15(22)18(16)4-6-21(7-5-18)17(23)11-8-12(19)13(20)9-14(11)24-2/h8-9,15-16,22H,3-7,10,20H2,1-2H3. The number of benzene rings is 1. The number of nitrogen functional groups attached to an aromatic ring is 1. The lowest BCUT2D eigenvalue weighted by molar-refractivity contribution is -0.207. The average molecular weight is 369 g/mol. The van der Waals surface area contributed by atoms with Gasteiger partial charge in [-0.05, 0) is 25.8 Å². The Morgan fingerprint density at radius 1 is 1.44 bits per heavy atom. The van der Waals surface area contributed by atoms with Crippen molar-refractivity contribution in [1.82, 2.24) is 4.90 Å². The Hall–Kier alpha value is -1.50. The first-order valence-electron chi connectivity index (χ1n) is 8.65. The van der Waals surface area contributed by atoms with Crippen LogP contribution in [0.5, 0.6) is 5.75 Å². The second kappa shape index (κ2) is 7.02. The quantitative estimate of drug-likeness (QED) is 0.797. The third-order valence-electron chi connectivity index (χ3n) is 5.64. The largest absolute Gasteiger partial charge is 0.496 e. The number of aliphatic hydroxyl groups is 1. The molecule has 2 aliphatic rings. The maximum absolute atomic E-state index is 12.9. The SMILES string of the molecule is CCOC1CC(O)C12CCN(C(=O)c1cc(Cl)c(N)cc1OC)CC2. The molecule has 3 N–H and O–H groups in total. The predicted octanol–water partition coefficient (Wildman–Crippen LogP) is 2.32. The molecule has 1 spiro atoms. The Morgan fingerprint density at radius 2 is 2.12 bits per heavy atom. The molecule has 3 rings (SSSR count). The molecule has 2 fully saturated rings. The van der Waals surface area contributed by atoms with Gasteiger partial charge in [-0.2, -0.15) is 0 Å². The number of nitrogens with two attached hydrogens (primary N) is 1. The van der Waals surface area contributed by atoms with Crippen LogP contribution in [0.4, 0.5) is 5.69 Å². The molecule has 1 amide bonds. The van der Waals surface area contributed by atoms with E-state index in [-0.39, 0.29) is 23.5 Å². The number of hydrogen-bond donors (Lipinski definition) is 2. The summed E-state index contributed by atoms with van der Waals surface area (Å²) in [6.07, 6.45) is 1.89. The molecule has 0 aromatic heterocycles. The molecule has 0 bridgehead atoms. The number of carbonyl (C=O) groups excluding carboxylic acids is 1. The van der Waals surface area contributed by atoms with Gasteiger partial charge in [0.2, 0.25) is 0 Å². The van der Waals surface area contributed by atoms with Crippen LogP contribution in [0.2, 0.25) is 5.02 Å². The minimum atomic E-state index is -0.346. The zero-order chi connectivity index (χ0) is 18.2. The topological polar surface area (TPSA) is 85.0 Å². The number of nitrogens with zero attached hydrogens (tertiary/aromatic N) is 1. The van der Waals surface area contributed by atoms with Gasteiger partial charge in [-0.3, -0.25) is 4.79 Å². The molecule has 1 aliphatic carbocycles. The maximum Gasteiger partial charge on any atom is 0.257 e. The molecular weight excluding hydrogens is 344 g/mol. The number of anilines is 1. The van der Waals surface area contributed by atoms with E-state index in [9.17, 15) is 9.90 Å². The van der Waals surface area contributed by atoms with Crippen molar-refractivity contribution in [2.75, 3.05) is 32.5 Å². The minimum Gasteiger partial charge on any atom is -0.496 e. The predicted molar refractivity (Wildman–Crippen MR) is 96.0 cm³/mol. The van der Waals surface area contributed by atoms with E-state index in [0.717, 1.165) is 12.8 Å². The van der Waals surface area contributed by atoms with Gasteiger partial charge in [0.1, 0.15) is 5.75 Å². The summed E-state index contributed by atoms with van der Waals surface area (Å²) in [5, 5.41) is 10.6. The van der Waals surface area contributed by atoms with Crippen molar-refractivity contribution in [1.29, 1.82) is 0 Å². The summed E-state index contributed by atoms with van der Waals surface area (Å²) in [7, 11) is 1.50. The number of aliphatic hydroxyl groups excluding tert-OH is 1. The van der Waals surface area contributed by atoms with E-state index < -0.39 is 0 Å². The van der Waals surface area contributed by atoms with Crippen molar-refractivity contribution in [3.05, 3.63) is 22.7 Å². The second-order valence-corrected chi connectivity index (χ2v) is 7.20. The third-order valence-corrected chi connectivity index (χ3v) is 5.97. The highest BCUT2D eigenvalue weighted by Gasteiger charge is 2.56. The summed E-state index contributed by atoms with van der Waals surface area (Å²) >= 11 is 6.07. The van der Waals surface area contributed by atoms with Crippen LogP contribution in [-0.2, 0) is 4.74 Å². The first kappa shape index (κ1) is 18.3. The van der Waals surface area contributed by atoms with E-state index in [4.69, 9.17) is 26.8 Å². The van der Waals surface area contributed by atoms with Crippen LogP contribution in [0.1, 0.15) is 36.5 Å². The lowest BCUT2D eigenvalue weighted by Gasteiger charge is -2.56. The van der Waals surface area contributed by atoms with Gasteiger partial charge < -0.3 is 25.2 Å². The fraction of sp³-hybridized carbons (Fsp3) is 0.611. The summed E-state index contributed by atoms with van der Waals surface area (Å²) in [4.78, 5) is 14.7. The van der Waals surface area contributed by atoms with Gasteiger partial charge in [0, 0.05) is 37.6 Å². The van der Waals surface area contributed by atoms with Crippen LogP contribution >= 0.6 is 11.6 Å². The van der Waals surface area contributed by atoms with E-state index in [1.54, 1.807) is 17.0 Å². The molecule has 1 saturated carbocycles. The highest BCUT2D eigenvalue weighted by molar-refractivity contribution is 6.33. The fourth-order valence-corrected chi connectivity index (χ4v) is 4.18. The first-order chi connectivity index (χ1) is 11.9. The van der Waals surface area contributed by atoms with E-state index in [1.165, 1.54) is 7.11 Å². The Kier molecular flexibility index (Phi) is 5.14. The van der Waals surface area contributed by atoms with Crippen LogP contribution < -0.4 is 10.5 Å². The molecule has 1 heterocycles. The van der Waals surface area contributed by atoms with Crippen LogP contribution in [0, 0.1) is 5.41 Å². The van der Waals surface area contributed by atoms with Crippen molar-refractivity contribution in [3.8, 4) is 5.75 Å². The molecule has 0 radical (unpaired) electrons. The van der Waals surface area contributed by atoms with Gasteiger partial charge in [0.15, 0.2) is 0 Å². The second-order valence-electron chi connectivity index (χ2n) is 6.79. The summed E-state index contributed by atoms with van der Waals surface area (Å²) in [6, 6.07) is 3.13. The van der Waals surface area contributed by atoms with Crippen LogP contribution in [-0.4, -0.2) is 54.9 Å². The molecule has 2 atom stereocenters. The summed E-state index contributed by atoms with van der Waals surface area (Å²) in [5.74, 6) is 0.290. The number of likely N-dealkylation sites (tertiary alicyclic amines) is 1. The molecule has 1 aromatic carbocycles. The zero-order valence-electron chi connectivity index (χ0n) is 14.6. The molecule has 1 aromatic rings. The number of hydrogen-bond acceptors (Lipinski definition) is 5. The molecule has 2 unspecified atom stereocenters. The number of amides is 1. The number of rotatable bonds is 4. The lowest BCUT2D eigenvalue weighted by atomic mass is 9.58. The monoisotopic (exact) mass is 368 g/mol. The Balaban J connectivity index is 1.73. The first-order valence-corrected chi connectivity index (χ1v) is 9.02. The van der Waals surface area contributed by atoms with Crippen molar-refractivity contribution in [2.24, 2.45) is 5.41 Å². The molecule has 138 valence electrons. The number of piperidine rings is 1. The highest BCUT2D eigenvalue weighted by atomic mass is 35.5. The van der Waals surface area contributed by atoms with Crippen molar-refractivity contribution in [2.45, 2.75) is 38.4 Å². The van der Waals surface area contributed by atoms with Gasteiger partial charge >= 0.3 is 0 Å². The van der Waals surface area contributed by atoms with Gasteiger partial charge in [0.05, 0.1) is 35.6 Å². The van der Waals surface area contributed by atoms with E-state index in [1.807, 2.05) is 6.92 Å². The van der Waals surface area contributed by atoms with Crippen LogP contribution in [0.25, 0.3) is 0 Å². The number of carbonyl (C=O) groups is 1. The van der Waals surface area contributed by atoms with Gasteiger partial charge in [-0.1, -0.05) is 11.6 Å². The zero-order valence-corrected chi connectivity index (χ0v) is 15.4. The number of methoxy groups -OCH3 is 1. The smallest absolute Gasteiger partial charge is 0.257 e. The lowest BCUT2D eigenvalue weighted by Crippen LogP contribution is -2.62. The summed E-state index contributed by atoms with van der Waals surface area (Å²) < 4.78 is 11.1. The normalized spacial score (nSPS) is 24.9.